The van der Waals surface area contributed by atoms with Gasteiger partial charge < -0.3 is 45.3 Å². The van der Waals surface area contributed by atoms with E-state index in [0.717, 1.165) is 0 Å². The van der Waals surface area contributed by atoms with Gasteiger partial charge in [-0.2, -0.15) is 0 Å². The zero-order chi connectivity index (χ0) is 30.1. The minimum absolute atomic E-state index is 0.0171. The molecule has 1 aromatic rings. The Balaban J connectivity index is 2.72. The number of phenols is 2. The second-order valence-electron chi connectivity index (χ2n) is 9.71. The Morgan fingerprint density at radius 1 is 1.12 bits per heavy atom. The van der Waals surface area contributed by atoms with Crippen molar-refractivity contribution in [3.05, 3.63) is 52.7 Å². The summed E-state index contributed by atoms with van der Waals surface area (Å²) < 4.78 is 21.8. The number of nitrogens with two attached hydrogens (primary N) is 1. The Kier molecular flexibility index (Phi) is 11.8. The topological polar surface area (TPSA) is 170 Å². The molecule has 0 aliphatic carbocycles. The van der Waals surface area contributed by atoms with Gasteiger partial charge in [0.25, 0.3) is 5.91 Å². The SMILES string of the molecule is COc1c(O)cc2c(O)c1/C=C(/C)C[C@H](OC)[C@H](O)[C@@H](C)C=C(C)[C@H](OC(N)=O)[C@@H](OC)/C=C\C=C(C)C(=O)N2. The van der Waals surface area contributed by atoms with E-state index in [-0.39, 0.29) is 40.5 Å². The van der Waals surface area contributed by atoms with Crippen molar-refractivity contribution in [2.75, 3.05) is 26.6 Å². The van der Waals surface area contributed by atoms with E-state index in [4.69, 9.17) is 24.7 Å². The normalized spacial score (nSPS) is 26.9. The average Bonchev–Trinajstić information content (AvgIpc) is 2.90. The third-order valence-electron chi connectivity index (χ3n) is 6.65. The smallest absolute Gasteiger partial charge is 0.405 e. The number of ether oxygens (including phenoxy) is 4. The molecular formula is C29H40N2O9. The predicted octanol–water partition coefficient (Wildman–Crippen LogP) is 3.79. The second-order valence-corrected chi connectivity index (χ2v) is 9.71. The highest BCUT2D eigenvalue weighted by atomic mass is 16.6. The minimum Gasteiger partial charge on any atom is -0.505 e. The number of methoxy groups -OCH3 is 3. The van der Waals surface area contributed by atoms with Crippen LogP contribution >= 0.6 is 0 Å². The van der Waals surface area contributed by atoms with Crippen LogP contribution in [0.3, 0.4) is 0 Å². The Morgan fingerprint density at radius 3 is 2.38 bits per heavy atom. The molecule has 6 N–H and O–H groups in total. The molecule has 2 amide bonds. The van der Waals surface area contributed by atoms with Crippen molar-refractivity contribution in [3.8, 4) is 17.2 Å². The van der Waals surface area contributed by atoms with Crippen LogP contribution in [0.4, 0.5) is 10.5 Å². The highest BCUT2D eigenvalue weighted by molar-refractivity contribution is 6.05. The van der Waals surface area contributed by atoms with E-state index >= 15 is 0 Å². The molecule has 2 bridgehead atoms. The first-order valence-corrected chi connectivity index (χ1v) is 12.7. The molecule has 1 aromatic carbocycles. The van der Waals surface area contributed by atoms with Crippen LogP contribution in [0.2, 0.25) is 0 Å². The van der Waals surface area contributed by atoms with E-state index in [2.05, 4.69) is 5.32 Å². The van der Waals surface area contributed by atoms with Gasteiger partial charge in [-0.1, -0.05) is 36.8 Å². The van der Waals surface area contributed by atoms with Crippen molar-refractivity contribution in [3.63, 3.8) is 0 Å². The number of hydrogen-bond donors (Lipinski definition) is 5. The lowest BCUT2D eigenvalue weighted by Crippen LogP contribution is -2.36. The number of carbonyl (C=O) groups excluding carboxylic acids is 2. The van der Waals surface area contributed by atoms with E-state index in [1.54, 1.807) is 52.0 Å². The van der Waals surface area contributed by atoms with Crippen molar-refractivity contribution in [1.29, 1.82) is 0 Å². The molecule has 5 atom stereocenters. The number of nitrogens with one attached hydrogen (secondary N) is 1. The number of rotatable bonds is 4. The summed E-state index contributed by atoms with van der Waals surface area (Å²) in [6.07, 6.45) is 3.94. The third kappa shape index (κ3) is 8.10. The summed E-state index contributed by atoms with van der Waals surface area (Å²) in [5.41, 5.74) is 6.98. The molecular weight excluding hydrogens is 520 g/mol. The molecule has 11 nitrogen and oxygen atoms in total. The van der Waals surface area contributed by atoms with Crippen LogP contribution in [0.5, 0.6) is 17.2 Å². The van der Waals surface area contributed by atoms with E-state index in [1.165, 1.54) is 33.5 Å². The molecule has 2 rings (SSSR count). The fraction of sp³-hybridized carbons (Fsp3) is 0.448. The highest BCUT2D eigenvalue weighted by Gasteiger charge is 2.29. The molecule has 0 fully saturated rings. The largest absolute Gasteiger partial charge is 0.505 e. The van der Waals surface area contributed by atoms with Gasteiger partial charge in [0.15, 0.2) is 17.6 Å². The van der Waals surface area contributed by atoms with E-state index in [0.29, 0.717) is 11.1 Å². The van der Waals surface area contributed by atoms with Crippen molar-refractivity contribution in [1.82, 2.24) is 0 Å². The van der Waals surface area contributed by atoms with Crippen LogP contribution in [-0.2, 0) is 19.0 Å². The Morgan fingerprint density at radius 2 is 1.80 bits per heavy atom. The molecule has 0 saturated carbocycles. The molecule has 0 aromatic heterocycles. The lowest BCUT2D eigenvalue weighted by atomic mass is 9.91. The van der Waals surface area contributed by atoms with Crippen LogP contribution in [0.15, 0.2) is 47.1 Å². The monoisotopic (exact) mass is 560 g/mol. The van der Waals surface area contributed by atoms with Crippen LogP contribution < -0.4 is 15.8 Å². The molecule has 1 aliphatic heterocycles. The fourth-order valence-electron chi connectivity index (χ4n) is 4.47. The van der Waals surface area contributed by atoms with Crippen molar-refractivity contribution in [2.45, 2.75) is 58.5 Å². The first kappa shape index (κ1) is 32.4. The minimum atomic E-state index is -0.998. The molecule has 1 heterocycles. The summed E-state index contributed by atoms with van der Waals surface area (Å²) in [4.78, 5) is 24.6. The van der Waals surface area contributed by atoms with E-state index in [1.807, 2.05) is 0 Å². The van der Waals surface area contributed by atoms with Crippen LogP contribution in [0, 0.1) is 5.92 Å². The number of aromatic hydroxyl groups is 2. The summed E-state index contributed by atoms with van der Waals surface area (Å²) in [5, 5.41) is 35.3. The van der Waals surface area contributed by atoms with Gasteiger partial charge in [0.2, 0.25) is 0 Å². The number of hydrogen-bond acceptors (Lipinski definition) is 9. The highest BCUT2D eigenvalue weighted by Crippen LogP contribution is 2.43. The van der Waals surface area contributed by atoms with Crippen molar-refractivity contribution < 1.29 is 43.9 Å². The van der Waals surface area contributed by atoms with Crippen LogP contribution in [0.25, 0.3) is 6.08 Å². The van der Waals surface area contributed by atoms with Gasteiger partial charge in [0.05, 0.1) is 30.6 Å². The van der Waals surface area contributed by atoms with Gasteiger partial charge >= 0.3 is 6.09 Å². The number of aliphatic hydroxyl groups excluding tert-OH is 1. The maximum atomic E-state index is 12.9. The standard InChI is InChI=1S/C29H40N2O9/c1-15-11-19-25(34)20(14-21(32)27(19)39-7)31-28(35)16(2)9-8-10-22(37-5)26(40-29(30)36)18(4)13-17(3)24(33)23(12-15)38-6/h8-11,13-14,17,22-24,26,32-34H,12H2,1-7H3,(H2,30,36)(H,31,35)/b10-8-,15-11-,16-9?,18-13?/t17-,22-,23-,24+,26-/m0/s1. The number of allylic oxidation sites excluding steroid dienone is 2. The van der Waals surface area contributed by atoms with Gasteiger partial charge in [-0.15, -0.1) is 0 Å². The molecule has 0 unspecified atom stereocenters. The predicted molar refractivity (Wildman–Crippen MR) is 151 cm³/mol. The Hall–Kier alpha value is -3.80. The van der Waals surface area contributed by atoms with Crippen molar-refractivity contribution in [2.24, 2.45) is 11.7 Å². The molecule has 40 heavy (non-hydrogen) atoms. The lowest BCUT2D eigenvalue weighted by molar-refractivity contribution is -0.112. The van der Waals surface area contributed by atoms with E-state index < -0.39 is 42.3 Å². The molecule has 0 spiro atoms. The fourth-order valence-corrected chi connectivity index (χ4v) is 4.47. The third-order valence-corrected chi connectivity index (χ3v) is 6.65. The van der Waals surface area contributed by atoms with Gasteiger partial charge in [0.1, 0.15) is 11.9 Å². The number of primary amides is 1. The summed E-state index contributed by atoms with van der Waals surface area (Å²) in [6, 6.07) is 1.19. The maximum Gasteiger partial charge on any atom is 0.405 e. The number of phenolic OH excluding ortho intramolecular Hbond substituents is 2. The number of carbonyl (C=O) groups is 2. The number of amides is 2. The first-order valence-electron chi connectivity index (χ1n) is 12.7. The number of aliphatic hydroxyl groups is 1. The molecule has 0 radical (unpaired) electrons. The van der Waals surface area contributed by atoms with E-state index in [9.17, 15) is 24.9 Å². The van der Waals surface area contributed by atoms with Crippen LogP contribution in [0.1, 0.15) is 39.7 Å². The first-order chi connectivity index (χ1) is 18.8. The van der Waals surface area contributed by atoms with Crippen molar-refractivity contribution >= 4 is 23.8 Å². The maximum absolute atomic E-state index is 12.9. The van der Waals surface area contributed by atoms with Gasteiger partial charge in [-0.3, -0.25) is 4.79 Å². The second kappa shape index (κ2) is 14.5. The van der Waals surface area contributed by atoms with Gasteiger partial charge in [0, 0.05) is 31.8 Å². The Labute approximate surface area is 234 Å². The summed E-state index contributed by atoms with van der Waals surface area (Å²) in [6.45, 7) is 6.86. The lowest BCUT2D eigenvalue weighted by Gasteiger charge is -2.28. The quantitative estimate of drug-likeness (QED) is 0.209. The number of benzene rings is 1. The average molecular weight is 561 g/mol. The van der Waals surface area contributed by atoms with Gasteiger partial charge in [-0.05, 0) is 38.8 Å². The van der Waals surface area contributed by atoms with Crippen LogP contribution in [-0.4, -0.2) is 73.1 Å². The zero-order valence-corrected chi connectivity index (χ0v) is 23.9. The number of anilines is 1. The molecule has 0 saturated heterocycles. The number of fused-ring (bicyclic) bond motifs is 2. The summed E-state index contributed by atoms with van der Waals surface area (Å²) in [5.74, 6) is -1.57. The molecule has 11 heteroatoms. The Bertz CT molecular complexity index is 1200. The van der Waals surface area contributed by atoms with Gasteiger partial charge in [-0.25, -0.2) is 4.79 Å². The summed E-state index contributed by atoms with van der Waals surface area (Å²) >= 11 is 0. The zero-order valence-electron chi connectivity index (χ0n) is 23.9. The molecule has 1 aliphatic rings. The molecule has 220 valence electrons. The summed E-state index contributed by atoms with van der Waals surface area (Å²) in [7, 11) is 4.25.